The van der Waals surface area contributed by atoms with Crippen molar-refractivity contribution in [1.82, 2.24) is 4.98 Å². The number of pyridine rings is 1. The molecule has 31 heavy (non-hydrogen) atoms. The number of para-hydroxylation sites is 1. The predicted octanol–water partition coefficient (Wildman–Crippen LogP) is 6.13. The monoisotopic (exact) mass is 432 g/mol. The van der Waals surface area contributed by atoms with Gasteiger partial charge in [0.1, 0.15) is 11.5 Å². The highest BCUT2D eigenvalue weighted by Crippen LogP contribution is 2.34. The van der Waals surface area contributed by atoms with Crippen molar-refractivity contribution in [3.63, 3.8) is 0 Å². The van der Waals surface area contributed by atoms with E-state index in [1.807, 2.05) is 55.5 Å². The van der Waals surface area contributed by atoms with Crippen molar-refractivity contribution in [2.24, 2.45) is 0 Å². The molecule has 0 unspecified atom stereocenters. The molecule has 0 bridgehead atoms. The lowest BCUT2D eigenvalue weighted by molar-refractivity contribution is 0.102. The number of rotatable bonds is 5. The zero-order valence-corrected chi connectivity index (χ0v) is 18.2. The van der Waals surface area contributed by atoms with Crippen molar-refractivity contribution in [1.29, 1.82) is 0 Å². The first kappa shape index (κ1) is 20.7. The Labute approximate surface area is 185 Å². The van der Waals surface area contributed by atoms with Gasteiger partial charge in [-0.25, -0.2) is 4.98 Å². The Balaban J connectivity index is 1.82. The summed E-state index contributed by atoms with van der Waals surface area (Å²) in [5, 5.41) is 4.30. The van der Waals surface area contributed by atoms with Crippen LogP contribution in [0.4, 0.5) is 5.69 Å². The van der Waals surface area contributed by atoms with Gasteiger partial charge in [-0.1, -0.05) is 35.9 Å². The number of nitrogens with zero attached hydrogens (tertiary/aromatic N) is 1. The van der Waals surface area contributed by atoms with E-state index in [1.165, 1.54) is 0 Å². The van der Waals surface area contributed by atoms with Crippen LogP contribution in [0.2, 0.25) is 5.02 Å². The number of fused-ring (bicyclic) bond motifs is 1. The normalized spacial score (nSPS) is 10.7. The Hall–Kier alpha value is -3.57. The van der Waals surface area contributed by atoms with Crippen molar-refractivity contribution in [2.75, 3.05) is 19.5 Å². The lowest BCUT2D eigenvalue weighted by atomic mass is 10.0. The van der Waals surface area contributed by atoms with Crippen molar-refractivity contribution >= 4 is 34.1 Å². The maximum absolute atomic E-state index is 13.2. The van der Waals surface area contributed by atoms with Gasteiger partial charge in [-0.3, -0.25) is 4.79 Å². The van der Waals surface area contributed by atoms with Crippen LogP contribution in [-0.2, 0) is 0 Å². The fourth-order valence-electron chi connectivity index (χ4n) is 3.38. The van der Waals surface area contributed by atoms with Crippen LogP contribution in [0.5, 0.6) is 11.5 Å². The van der Waals surface area contributed by atoms with Gasteiger partial charge in [0, 0.05) is 27.7 Å². The maximum atomic E-state index is 13.2. The molecule has 0 saturated carbocycles. The molecule has 0 fully saturated rings. The summed E-state index contributed by atoms with van der Waals surface area (Å²) in [6.07, 6.45) is 0. The summed E-state index contributed by atoms with van der Waals surface area (Å²) in [6.45, 7) is 1.92. The molecule has 1 amide bonds. The van der Waals surface area contributed by atoms with Crippen molar-refractivity contribution in [3.05, 3.63) is 82.9 Å². The molecule has 156 valence electrons. The number of anilines is 1. The summed E-state index contributed by atoms with van der Waals surface area (Å²) in [6, 6.07) is 20.3. The SMILES string of the molecule is COc1ccc(-c2cc(C(=O)Nc3ccc(C)c(Cl)c3)c3ccccc3n2)c(OC)c1. The first-order chi connectivity index (χ1) is 15.0. The third-order valence-electron chi connectivity index (χ3n) is 5.08. The van der Waals surface area contributed by atoms with Gasteiger partial charge in [-0.2, -0.15) is 0 Å². The minimum Gasteiger partial charge on any atom is -0.497 e. The number of hydrogen-bond donors (Lipinski definition) is 1. The van der Waals surface area contributed by atoms with Crippen LogP contribution in [0.15, 0.2) is 66.7 Å². The summed E-state index contributed by atoms with van der Waals surface area (Å²) in [4.78, 5) is 18.0. The molecule has 4 aromatic rings. The molecule has 1 N–H and O–H groups in total. The number of aromatic nitrogens is 1. The molecule has 3 aromatic carbocycles. The van der Waals surface area contributed by atoms with Crippen LogP contribution in [0.25, 0.3) is 22.2 Å². The number of methoxy groups -OCH3 is 2. The molecule has 5 nitrogen and oxygen atoms in total. The van der Waals surface area contributed by atoms with Crippen LogP contribution in [0.1, 0.15) is 15.9 Å². The molecule has 0 atom stereocenters. The molecular formula is C25H21ClN2O3. The van der Waals surface area contributed by atoms with E-state index in [-0.39, 0.29) is 5.91 Å². The smallest absolute Gasteiger partial charge is 0.256 e. The van der Waals surface area contributed by atoms with E-state index in [2.05, 4.69) is 5.32 Å². The number of carbonyl (C=O) groups is 1. The second-order valence-electron chi connectivity index (χ2n) is 7.06. The number of nitrogens with one attached hydrogen (secondary N) is 1. The van der Waals surface area contributed by atoms with E-state index in [0.717, 1.165) is 16.5 Å². The molecule has 0 aliphatic rings. The fourth-order valence-corrected chi connectivity index (χ4v) is 3.56. The van der Waals surface area contributed by atoms with Crippen molar-refractivity contribution in [3.8, 4) is 22.8 Å². The Morgan fingerprint density at radius 2 is 1.77 bits per heavy atom. The van der Waals surface area contributed by atoms with E-state index < -0.39 is 0 Å². The molecule has 0 aliphatic heterocycles. The summed E-state index contributed by atoms with van der Waals surface area (Å²) < 4.78 is 10.8. The zero-order valence-electron chi connectivity index (χ0n) is 17.4. The van der Waals surface area contributed by atoms with Gasteiger partial charge in [-0.15, -0.1) is 0 Å². The van der Waals surface area contributed by atoms with Crippen molar-refractivity contribution in [2.45, 2.75) is 6.92 Å². The number of ether oxygens (including phenoxy) is 2. The number of hydrogen-bond acceptors (Lipinski definition) is 4. The number of halogens is 1. The first-order valence-corrected chi connectivity index (χ1v) is 10.1. The first-order valence-electron chi connectivity index (χ1n) is 9.70. The predicted molar refractivity (Wildman–Crippen MR) is 124 cm³/mol. The van der Waals surface area contributed by atoms with Gasteiger partial charge in [0.2, 0.25) is 0 Å². The van der Waals surface area contributed by atoms with Gasteiger partial charge in [-0.05, 0) is 48.9 Å². The highest BCUT2D eigenvalue weighted by Gasteiger charge is 2.17. The molecule has 0 saturated heterocycles. The maximum Gasteiger partial charge on any atom is 0.256 e. The second-order valence-corrected chi connectivity index (χ2v) is 7.46. The van der Waals surface area contributed by atoms with E-state index in [9.17, 15) is 4.79 Å². The molecule has 0 spiro atoms. The van der Waals surface area contributed by atoms with Crippen LogP contribution in [-0.4, -0.2) is 25.1 Å². The highest BCUT2D eigenvalue weighted by atomic mass is 35.5. The third kappa shape index (κ3) is 4.18. The van der Waals surface area contributed by atoms with Crippen LogP contribution < -0.4 is 14.8 Å². The minimum absolute atomic E-state index is 0.243. The molecule has 0 radical (unpaired) electrons. The largest absolute Gasteiger partial charge is 0.497 e. The van der Waals surface area contributed by atoms with E-state index in [1.54, 1.807) is 32.4 Å². The van der Waals surface area contributed by atoms with Gasteiger partial charge in [0.25, 0.3) is 5.91 Å². The Bertz CT molecular complexity index is 1290. The summed E-state index contributed by atoms with van der Waals surface area (Å²) in [7, 11) is 3.19. The van der Waals surface area contributed by atoms with Crippen LogP contribution in [0, 0.1) is 6.92 Å². The quantitative estimate of drug-likeness (QED) is 0.412. The van der Waals surface area contributed by atoms with E-state index in [4.69, 9.17) is 26.1 Å². The number of benzene rings is 3. The Morgan fingerprint density at radius 3 is 2.52 bits per heavy atom. The molecule has 1 aromatic heterocycles. The lowest BCUT2D eigenvalue weighted by Crippen LogP contribution is -2.13. The number of carbonyl (C=O) groups excluding carboxylic acids is 1. The summed E-state index contributed by atoms with van der Waals surface area (Å²) in [5.74, 6) is 1.04. The van der Waals surface area contributed by atoms with Gasteiger partial charge in [0.15, 0.2) is 0 Å². The van der Waals surface area contributed by atoms with E-state index in [0.29, 0.717) is 39.0 Å². The molecular weight excluding hydrogens is 412 g/mol. The molecule has 0 aliphatic carbocycles. The Morgan fingerprint density at radius 1 is 0.968 bits per heavy atom. The third-order valence-corrected chi connectivity index (χ3v) is 5.48. The molecule has 1 heterocycles. The fraction of sp³-hybridized carbons (Fsp3) is 0.120. The molecule has 4 rings (SSSR count). The van der Waals surface area contributed by atoms with Crippen molar-refractivity contribution < 1.29 is 14.3 Å². The lowest BCUT2D eigenvalue weighted by Gasteiger charge is -2.13. The summed E-state index contributed by atoms with van der Waals surface area (Å²) in [5.41, 5.74) is 4.19. The van der Waals surface area contributed by atoms with Crippen LogP contribution >= 0.6 is 11.6 Å². The molecule has 6 heteroatoms. The average molecular weight is 433 g/mol. The topological polar surface area (TPSA) is 60.5 Å². The van der Waals surface area contributed by atoms with Gasteiger partial charge < -0.3 is 14.8 Å². The summed E-state index contributed by atoms with van der Waals surface area (Å²) >= 11 is 6.22. The Kier molecular flexibility index (Phi) is 5.78. The standard InChI is InChI=1S/C25H21ClN2O3/c1-15-8-9-16(12-21(15)26)27-25(29)20-14-23(28-22-7-5-4-6-18(20)22)19-11-10-17(30-2)13-24(19)31-3/h4-14H,1-3H3,(H,27,29). The second kappa shape index (κ2) is 8.66. The number of aryl methyl sites for hydroxylation is 1. The highest BCUT2D eigenvalue weighted by molar-refractivity contribution is 6.31. The van der Waals surface area contributed by atoms with Gasteiger partial charge in [0.05, 0.1) is 31.0 Å². The number of amides is 1. The zero-order chi connectivity index (χ0) is 22.0. The van der Waals surface area contributed by atoms with E-state index >= 15 is 0 Å². The minimum atomic E-state index is -0.243. The van der Waals surface area contributed by atoms with Gasteiger partial charge >= 0.3 is 0 Å². The van der Waals surface area contributed by atoms with Crippen LogP contribution in [0.3, 0.4) is 0 Å². The average Bonchev–Trinajstić information content (AvgIpc) is 2.80.